The number of nitrogens with zero attached hydrogens (tertiary/aromatic N) is 4. The van der Waals surface area contributed by atoms with Crippen LogP contribution in [0.25, 0.3) is 0 Å². The van der Waals surface area contributed by atoms with Crippen molar-refractivity contribution < 1.29 is 0 Å². The fourth-order valence-corrected chi connectivity index (χ4v) is 2.54. The number of piperidine rings is 1. The molecule has 5 nitrogen and oxygen atoms in total. The zero-order chi connectivity index (χ0) is 13.7. The van der Waals surface area contributed by atoms with Gasteiger partial charge in [-0.25, -0.2) is 0 Å². The molecule has 2 rings (SSSR count). The largest absolute Gasteiger partial charge is 0.352 e. The Balaban J connectivity index is 2.12. The third-order valence-corrected chi connectivity index (χ3v) is 3.93. The minimum Gasteiger partial charge on any atom is -0.352 e. The Hall–Kier alpha value is -1.39. The second kappa shape index (κ2) is 6.68. The molecule has 1 aromatic heterocycles. The highest BCUT2D eigenvalue weighted by atomic mass is 15.3. The van der Waals surface area contributed by atoms with Crippen LogP contribution in [0.1, 0.15) is 52.9 Å². The molecule has 0 aliphatic carbocycles. The monoisotopic (exact) mass is 263 g/mol. The standard InChI is InChI=1S/C14H25N5/c1-4-11(3)16-14-17-13(10-15-18-14)19-9-7-6-8-12(19)5-2/h10-12H,4-9H2,1-3H3,(H,16,17,18). The maximum absolute atomic E-state index is 4.62. The predicted octanol–water partition coefficient (Wildman–Crippen LogP) is 2.85. The van der Waals surface area contributed by atoms with E-state index in [9.17, 15) is 0 Å². The first-order valence-electron chi connectivity index (χ1n) is 7.47. The molecule has 2 heterocycles. The third-order valence-electron chi connectivity index (χ3n) is 3.93. The highest BCUT2D eigenvalue weighted by molar-refractivity contribution is 5.42. The van der Waals surface area contributed by atoms with E-state index in [-0.39, 0.29) is 0 Å². The van der Waals surface area contributed by atoms with Crippen LogP contribution in [0.15, 0.2) is 6.20 Å². The molecule has 1 aliphatic rings. The lowest BCUT2D eigenvalue weighted by Crippen LogP contribution is -2.39. The maximum Gasteiger partial charge on any atom is 0.244 e. The normalized spacial score (nSPS) is 21.2. The molecule has 1 aromatic rings. The van der Waals surface area contributed by atoms with Gasteiger partial charge in [0.1, 0.15) is 0 Å². The number of hydrogen-bond acceptors (Lipinski definition) is 5. The smallest absolute Gasteiger partial charge is 0.244 e. The van der Waals surface area contributed by atoms with Gasteiger partial charge in [0.05, 0.1) is 6.20 Å². The summed E-state index contributed by atoms with van der Waals surface area (Å²) >= 11 is 0. The molecule has 1 fully saturated rings. The van der Waals surface area contributed by atoms with Gasteiger partial charge in [-0.05, 0) is 39.0 Å². The minimum absolute atomic E-state index is 0.375. The van der Waals surface area contributed by atoms with Gasteiger partial charge in [0, 0.05) is 18.6 Å². The molecule has 1 aliphatic heterocycles. The van der Waals surface area contributed by atoms with Crippen LogP contribution in [0.4, 0.5) is 11.8 Å². The van der Waals surface area contributed by atoms with Crippen LogP contribution in [0.5, 0.6) is 0 Å². The maximum atomic E-state index is 4.62. The average Bonchev–Trinajstić information content (AvgIpc) is 2.47. The fraction of sp³-hybridized carbons (Fsp3) is 0.786. The van der Waals surface area contributed by atoms with Crippen LogP contribution >= 0.6 is 0 Å². The van der Waals surface area contributed by atoms with E-state index in [2.05, 4.69) is 46.2 Å². The molecule has 2 atom stereocenters. The number of aromatic nitrogens is 3. The summed E-state index contributed by atoms with van der Waals surface area (Å²) in [6.07, 6.45) is 7.83. The number of nitrogens with one attached hydrogen (secondary N) is 1. The van der Waals surface area contributed by atoms with E-state index in [0.29, 0.717) is 18.0 Å². The summed E-state index contributed by atoms with van der Waals surface area (Å²) < 4.78 is 0. The van der Waals surface area contributed by atoms with Crippen LogP contribution < -0.4 is 10.2 Å². The topological polar surface area (TPSA) is 53.9 Å². The van der Waals surface area contributed by atoms with Gasteiger partial charge in [-0.3, -0.25) is 0 Å². The van der Waals surface area contributed by atoms with Crippen molar-refractivity contribution in [2.24, 2.45) is 0 Å². The van der Waals surface area contributed by atoms with Gasteiger partial charge in [-0.15, -0.1) is 5.10 Å². The van der Waals surface area contributed by atoms with Crippen molar-refractivity contribution >= 4 is 11.8 Å². The van der Waals surface area contributed by atoms with Crippen molar-refractivity contribution in [2.75, 3.05) is 16.8 Å². The molecule has 0 amide bonds. The molecule has 1 N–H and O–H groups in total. The molecule has 0 aromatic carbocycles. The van der Waals surface area contributed by atoms with Gasteiger partial charge in [0.25, 0.3) is 0 Å². The lowest BCUT2D eigenvalue weighted by molar-refractivity contribution is 0.446. The summed E-state index contributed by atoms with van der Waals surface area (Å²) in [7, 11) is 0. The van der Waals surface area contributed by atoms with E-state index in [1.807, 2.05) is 0 Å². The van der Waals surface area contributed by atoms with Gasteiger partial charge < -0.3 is 10.2 Å². The number of rotatable bonds is 5. The summed E-state index contributed by atoms with van der Waals surface area (Å²) in [5.74, 6) is 1.61. The first-order chi connectivity index (χ1) is 9.24. The Morgan fingerprint density at radius 2 is 2.26 bits per heavy atom. The van der Waals surface area contributed by atoms with Crippen molar-refractivity contribution in [3.05, 3.63) is 6.20 Å². The van der Waals surface area contributed by atoms with Crippen LogP contribution in [-0.4, -0.2) is 33.8 Å². The summed E-state index contributed by atoms with van der Waals surface area (Å²) in [4.78, 5) is 7.01. The van der Waals surface area contributed by atoms with Crippen molar-refractivity contribution in [1.29, 1.82) is 0 Å². The molecular weight excluding hydrogens is 238 g/mol. The molecule has 0 radical (unpaired) electrons. The first-order valence-corrected chi connectivity index (χ1v) is 7.47. The van der Waals surface area contributed by atoms with Crippen molar-refractivity contribution in [3.63, 3.8) is 0 Å². The summed E-state index contributed by atoms with van der Waals surface area (Å²) in [5.41, 5.74) is 0. The molecule has 0 spiro atoms. The SMILES string of the molecule is CCC(C)Nc1nncc(N2CCCCC2CC)n1. The van der Waals surface area contributed by atoms with E-state index in [4.69, 9.17) is 0 Å². The van der Waals surface area contributed by atoms with Gasteiger partial charge in [0.2, 0.25) is 5.95 Å². The molecule has 0 saturated carbocycles. The predicted molar refractivity (Wildman–Crippen MR) is 78.5 cm³/mol. The summed E-state index contributed by atoms with van der Waals surface area (Å²) in [6, 6.07) is 0.974. The quantitative estimate of drug-likeness (QED) is 0.885. The van der Waals surface area contributed by atoms with E-state index >= 15 is 0 Å². The van der Waals surface area contributed by atoms with Crippen LogP contribution in [0.2, 0.25) is 0 Å². The van der Waals surface area contributed by atoms with Crippen LogP contribution in [-0.2, 0) is 0 Å². The average molecular weight is 263 g/mol. The van der Waals surface area contributed by atoms with E-state index in [0.717, 1.165) is 25.2 Å². The molecule has 2 unspecified atom stereocenters. The molecule has 1 saturated heterocycles. The third kappa shape index (κ3) is 3.55. The van der Waals surface area contributed by atoms with Crippen molar-refractivity contribution in [1.82, 2.24) is 15.2 Å². The molecule has 0 bridgehead atoms. The summed E-state index contributed by atoms with van der Waals surface area (Å²) in [6.45, 7) is 7.61. The van der Waals surface area contributed by atoms with Gasteiger partial charge >= 0.3 is 0 Å². The molecule has 5 heteroatoms. The molecule has 19 heavy (non-hydrogen) atoms. The van der Waals surface area contributed by atoms with Crippen LogP contribution in [0, 0.1) is 0 Å². The van der Waals surface area contributed by atoms with Gasteiger partial charge in [-0.1, -0.05) is 13.8 Å². The Morgan fingerprint density at radius 1 is 1.42 bits per heavy atom. The van der Waals surface area contributed by atoms with Crippen molar-refractivity contribution in [2.45, 2.75) is 65.0 Å². The lowest BCUT2D eigenvalue weighted by atomic mass is 10.0. The highest BCUT2D eigenvalue weighted by Gasteiger charge is 2.22. The Kier molecular flexibility index (Phi) is 4.93. The zero-order valence-electron chi connectivity index (χ0n) is 12.3. The van der Waals surface area contributed by atoms with Crippen molar-refractivity contribution in [3.8, 4) is 0 Å². The lowest BCUT2D eigenvalue weighted by Gasteiger charge is -2.35. The Morgan fingerprint density at radius 3 is 3.00 bits per heavy atom. The Labute approximate surface area is 115 Å². The highest BCUT2D eigenvalue weighted by Crippen LogP contribution is 2.24. The van der Waals surface area contributed by atoms with Crippen LogP contribution in [0.3, 0.4) is 0 Å². The fourth-order valence-electron chi connectivity index (χ4n) is 2.54. The number of hydrogen-bond donors (Lipinski definition) is 1. The minimum atomic E-state index is 0.375. The summed E-state index contributed by atoms with van der Waals surface area (Å²) in [5, 5.41) is 11.5. The molecule has 106 valence electrons. The van der Waals surface area contributed by atoms with Gasteiger partial charge in [-0.2, -0.15) is 10.1 Å². The number of anilines is 2. The first kappa shape index (κ1) is 14.0. The van der Waals surface area contributed by atoms with E-state index in [1.165, 1.54) is 19.3 Å². The Bertz CT molecular complexity index is 395. The second-order valence-corrected chi connectivity index (χ2v) is 5.34. The van der Waals surface area contributed by atoms with Gasteiger partial charge in [0.15, 0.2) is 5.82 Å². The van der Waals surface area contributed by atoms with E-state index in [1.54, 1.807) is 6.20 Å². The van der Waals surface area contributed by atoms with E-state index < -0.39 is 0 Å². The second-order valence-electron chi connectivity index (χ2n) is 5.34. The zero-order valence-corrected chi connectivity index (χ0v) is 12.3. The molecular formula is C14H25N5.